The van der Waals surface area contributed by atoms with Crippen molar-refractivity contribution in [2.75, 3.05) is 11.4 Å². The maximum atomic E-state index is 11.8. The molecule has 2 amide bonds. The van der Waals surface area contributed by atoms with Crippen LogP contribution in [0.25, 0.3) is 0 Å². The molecule has 1 aliphatic rings. The molecule has 17 heavy (non-hydrogen) atoms. The summed E-state index contributed by atoms with van der Waals surface area (Å²) in [6, 6.07) is 1.82. The van der Waals surface area contributed by atoms with Crippen LogP contribution >= 0.6 is 15.9 Å². The molecular weight excluding hydrogens is 286 g/mol. The first kappa shape index (κ1) is 12.0. The fraction of sp³-hybridized carbons (Fsp3) is 0.364. The summed E-state index contributed by atoms with van der Waals surface area (Å²) in [5.41, 5.74) is 6.76. The van der Waals surface area contributed by atoms with Gasteiger partial charge in [-0.3, -0.25) is 14.6 Å². The first-order chi connectivity index (χ1) is 7.99. The number of nitrogens with two attached hydrogens (primary N) is 1. The Labute approximate surface area is 107 Å². The number of hydrogen-bond donors (Lipinski definition) is 1. The number of carbonyl (C=O) groups excluding carboxylic acids is 2. The molecule has 90 valence electrons. The Balaban J connectivity index is 2.26. The lowest BCUT2D eigenvalue weighted by Crippen LogP contribution is -2.28. The Bertz CT molecular complexity index is 490. The van der Waals surface area contributed by atoms with Gasteiger partial charge in [0.05, 0.1) is 23.5 Å². The summed E-state index contributed by atoms with van der Waals surface area (Å²) in [5.74, 6) is -0.922. The van der Waals surface area contributed by atoms with Gasteiger partial charge < -0.3 is 10.6 Å². The first-order valence-electron chi connectivity index (χ1n) is 5.21. The molecule has 2 rings (SSSR count). The number of hydrogen-bond acceptors (Lipinski definition) is 3. The highest BCUT2D eigenvalue weighted by molar-refractivity contribution is 9.10. The Kier molecular flexibility index (Phi) is 3.15. The van der Waals surface area contributed by atoms with Gasteiger partial charge in [-0.25, -0.2) is 0 Å². The van der Waals surface area contributed by atoms with Crippen LogP contribution in [0.3, 0.4) is 0 Å². The molecule has 1 aromatic heterocycles. The molecule has 1 aliphatic heterocycles. The summed E-state index contributed by atoms with van der Waals surface area (Å²) in [6.45, 7) is 2.21. The molecule has 0 bridgehead atoms. The quantitative estimate of drug-likeness (QED) is 0.884. The minimum Gasteiger partial charge on any atom is -0.369 e. The van der Waals surface area contributed by atoms with Crippen molar-refractivity contribution < 1.29 is 9.59 Å². The largest absolute Gasteiger partial charge is 0.369 e. The van der Waals surface area contributed by atoms with Gasteiger partial charge in [-0.05, 0) is 28.9 Å². The third-order valence-electron chi connectivity index (χ3n) is 2.85. The highest BCUT2D eigenvalue weighted by atomic mass is 79.9. The molecular formula is C11H12BrN3O2. The lowest BCUT2D eigenvalue weighted by atomic mass is 10.1. The van der Waals surface area contributed by atoms with E-state index >= 15 is 0 Å². The van der Waals surface area contributed by atoms with E-state index in [-0.39, 0.29) is 12.3 Å². The van der Waals surface area contributed by atoms with E-state index in [2.05, 4.69) is 20.9 Å². The second-order valence-electron chi connectivity index (χ2n) is 4.07. The lowest BCUT2D eigenvalue weighted by molar-refractivity contribution is -0.123. The molecule has 0 spiro atoms. The van der Waals surface area contributed by atoms with Gasteiger partial charge in [-0.15, -0.1) is 0 Å². The highest BCUT2D eigenvalue weighted by Crippen LogP contribution is 2.27. The second kappa shape index (κ2) is 4.44. The molecule has 0 radical (unpaired) electrons. The molecule has 2 N–H and O–H groups in total. The molecule has 1 atom stereocenters. The summed E-state index contributed by atoms with van der Waals surface area (Å²) >= 11 is 3.37. The molecule has 1 unspecified atom stereocenters. The average molecular weight is 298 g/mol. The van der Waals surface area contributed by atoms with Crippen LogP contribution in [-0.4, -0.2) is 23.3 Å². The minimum absolute atomic E-state index is 0.0913. The van der Waals surface area contributed by atoms with Crippen molar-refractivity contribution in [2.45, 2.75) is 13.3 Å². The van der Waals surface area contributed by atoms with E-state index in [1.54, 1.807) is 11.1 Å². The average Bonchev–Trinajstić information content (AvgIpc) is 2.65. The van der Waals surface area contributed by atoms with E-state index in [9.17, 15) is 9.59 Å². The Hall–Kier alpha value is -1.43. The third-order valence-corrected chi connectivity index (χ3v) is 3.65. The molecule has 6 heteroatoms. The predicted octanol–water partition coefficient (Wildman–Crippen LogP) is 0.991. The van der Waals surface area contributed by atoms with Crippen LogP contribution < -0.4 is 10.6 Å². The van der Waals surface area contributed by atoms with Crippen LogP contribution in [0, 0.1) is 12.8 Å². The van der Waals surface area contributed by atoms with Crippen molar-refractivity contribution in [2.24, 2.45) is 11.7 Å². The normalized spacial score (nSPS) is 19.8. The monoisotopic (exact) mass is 297 g/mol. The first-order valence-corrected chi connectivity index (χ1v) is 6.00. The van der Waals surface area contributed by atoms with Crippen LogP contribution in [0.4, 0.5) is 5.69 Å². The number of rotatable bonds is 2. The fourth-order valence-corrected chi connectivity index (χ4v) is 2.13. The second-order valence-corrected chi connectivity index (χ2v) is 4.92. The number of amides is 2. The van der Waals surface area contributed by atoms with Gasteiger partial charge in [-0.1, -0.05) is 0 Å². The van der Waals surface area contributed by atoms with E-state index in [0.717, 1.165) is 10.2 Å². The van der Waals surface area contributed by atoms with Crippen LogP contribution in [0.15, 0.2) is 16.7 Å². The molecule has 0 aromatic carbocycles. The number of aromatic nitrogens is 1. The van der Waals surface area contributed by atoms with Gasteiger partial charge in [-0.2, -0.15) is 0 Å². The standard InChI is InChI=1S/C11H12BrN3O2/c1-6-9(12)3-8(4-14-6)15-5-7(11(13)17)2-10(15)16/h3-4,7H,2,5H2,1H3,(H2,13,17). The van der Waals surface area contributed by atoms with Crippen molar-refractivity contribution in [3.05, 3.63) is 22.4 Å². The van der Waals surface area contributed by atoms with Crippen molar-refractivity contribution in [3.8, 4) is 0 Å². The lowest BCUT2D eigenvalue weighted by Gasteiger charge is -2.16. The van der Waals surface area contributed by atoms with Gasteiger partial charge in [0, 0.05) is 17.4 Å². The van der Waals surface area contributed by atoms with Gasteiger partial charge >= 0.3 is 0 Å². The molecule has 0 saturated carbocycles. The Morgan fingerprint density at radius 1 is 1.65 bits per heavy atom. The maximum absolute atomic E-state index is 11.8. The number of pyridine rings is 1. The van der Waals surface area contributed by atoms with Crippen LogP contribution in [0.5, 0.6) is 0 Å². The summed E-state index contributed by atoms with van der Waals surface area (Å²) in [5, 5.41) is 0. The predicted molar refractivity (Wildman–Crippen MR) is 66.3 cm³/mol. The third kappa shape index (κ3) is 2.31. The van der Waals surface area contributed by atoms with Gasteiger partial charge in [0.2, 0.25) is 11.8 Å². The highest BCUT2D eigenvalue weighted by Gasteiger charge is 2.34. The Morgan fingerprint density at radius 2 is 2.35 bits per heavy atom. The smallest absolute Gasteiger partial charge is 0.227 e. The van der Waals surface area contributed by atoms with Crippen molar-refractivity contribution >= 4 is 33.4 Å². The van der Waals surface area contributed by atoms with E-state index in [4.69, 9.17) is 5.73 Å². The molecule has 5 nitrogen and oxygen atoms in total. The summed E-state index contributed by atoms with van der Waals surface area (Å²) in [7, 11) is 0. The number of nitrogens with zero attached hydrogens (tertiary/aromatic N) is 2. The van der Waals surface area contributed by atoms with E-state index in [1.807, 2.05) is 13.0 Å². The number of carbonyl (C=O) groups is 2. The number of halogens is 1. The zero-order chi connectivity index (χ0) is 12.6. The number of primary amides is 1. The minimum atomic E-state index is -0.431. The zero-order valence-corrected chi connectivity index (χ0v) is 10.9. The molecule has 1 fully saturated rings. The van der Waals surface area contributed by atoms with E-state index in [1.165, 1.54) is 0 Å². The number of aryl methyl sites for hydroxylation is 1. The van der Waals surface area contributed by atoms with Gasteiger partial charge in [0.25, 0.3) is 0 Å². The van der Waals surface area contributed by atoms with Crippen molar-refractivity contribution in [3.63, 3.8) is 0 Å². The maximum Gasteiger partial charge on any atom is 0.227 e. The zero-order valence-electron chi connectivity index (χ0n) is 9.31. The topological polar surface area (TPSA) is 76.3 Å². The molecule has 2 heterocycles. The van der Waals surface area contributed by atoms with Gasteiger partial charge in [0.15, 0.2) is 0 Å². The summed E-state index contributed by atoms with van der Waals surface area (Å²) in [6.07, 6.45) is 1.81. The summed E-state index contributed by atoms with van der Waals surface area (Å²) < 4.78 is 0.838. The number of anilines is 1. The van der Waals surface area contributed by atoms with Crippen molar-refractivity contribution in [1.82, 2.24) is 4.98 Å². The Morgan fingerprint density at radius 3 is 2.88 bits per heavy atom. The fourth-order valence-electron chi connectivity index (χ4n) is 1.79. The van der Waals surface area contributed by atoms with Crippen LogP contribution in [0.2, 0.25) is 0 Å². The molecule has 0 aliphatic carbocycles. The molecule has 1 saturated heterocycles. The van der Waals surface area contributed by atoms with Crippen LogP contribution in [-0.2, 0) is 9.59 Å². The van der Waals surface area contributed by atoms with Gasteiger partial charge in [0.1, 0.15) is 0 Å². The SMILES string of the molecule is Cc1ncc(N2CC(C(N)=O)CC2=O)cc1Br. The van der Waals surface area contributed by atoms with Crippen LogP contribution in [0.1, 0.15) is 12.1 Å². The van der Waals surface area contributed by atoms with E-state index < -0.39 is 11.8 Å². The summed E-state index contributed by atoms with van der Waals surface area (Å²) in [4.78, 5) is 28.5. The molecule has 1 aromatic rings. The van der Waals surface area contributed by atoms with E-state index in [0.29, 0.717) is 12.2 Å². The van der Waals surface area contributed by atoms with Crippen molar-refractivity contribution in [1.29, 1.82) is 0 Å².